The first kappa shape index (κ1) is 19.1. The lowest BCUT2D eigenvalue weighted by Gasteiger charge is -2.17. The number of nitrogens with one attached hydrogen (secondary N) is 1. The molecule has 1 fully saturated rings. The minimum Gasteiger partial charge on any atom is -0.481 e. The van der Waals surface area contributed by atoms with Crippen molar-refractivity contribution in [2.75, 3.05) is 13.1 Å². The molecule has 1 aliphatic heterocycles. The number of hydrogen-bond acceptors (Lipinski definition) is 6. The molecule has 2 rings (SSSR count). The molecule has 134 valence electrons. The number of carbonyl (C=O) groups excluding carboxylic acids is 1. The van der Waals surface area contributed by atoms with E-state index in [-0.39, 0.29) is 12.3 Å². The van der Waals surface area contributed by atoms with E-state index >= 15 is 0 Å². The molecule has 1 amide bonds. The first-order valence-electron chi connectivity index (χ1n) is 8.13. The smallest absolute Gasteiger partial charge is 0.305 e. The number of amidine groups is 1. The van der Waals surface area contributed by atoms with E-state index < -0.39 is 11.2 Å². The number of carboxylic acid groups (broad SMARTS) is 1. The summed E-state index contributed by atoms with van der Waals surface area (Å²) in [4.78, 5) is 24.6. The summed E-state index contributed by atoms with van der Waals surface area (Å²) in [5.74, 6) is -1.36. The summed E-state index contributed by atoms with van der Waals surface area (Å²) in [5.41, 5.74) is 2.14. The lowest BCUT2D eigenvalue weighted by molar-refractivity contribution is -0.138. The monoisotopic (exact) mass is 362 g/mol. The highest BCUT2D eigenvalue weighted by atomic mass is 32.2. The van der Waals surface area contributed by atoms with Gasteiger partial charge in [0.2, 0.25) is 5.91 Å². The average molecular weight is 362 g/mol. The van der Waals surface area contributed by atoms with Crippen LogP contribution in [0.1, 0.15) is 31.4 Å². The van der Waals surface area contributed by atoms with E-state index in [9.17, 15) is 9.59 Å². The van der Waals surface area contributed by atoms with Crippen molar-refractivity contribution in [3.05, 3.63) is 35.4 Å². The fraction of sp³-hybridized carbons (Fsp3) is 0.412. The zero-order valence-electron chi connectivity index (χ0n) is 14.3. The first-order chi connectivity index (χ1) is 12.0. The van der Waals surface area contributed by atoms with Crippen LogP contribution < -0.4 is 5.32 Å². The lowest BCUT2D eigenvalue weighted by Crippen LogP contribution is -2.26. The standard InChI is InChI=1S/C17H22N4O3S/c1-3-21(4-2)11-13-7-5-12(6-8-13)10-18-20-17-19-16(24)14(25-17)9-15(22)23/h5-8,10,14H,3-4,9,11H2,1-2H3,(H,22,23)(H,19,20,24). The van der Waals surface area contributed by atoms with Gasteiger partial charge in [-0.2, -0.15) is 5.10 Å². The number of hydrogen-bond donors (Lipinski definition) is 2. The molecule has 8 heteroatoms. The van der Waals surface area contributed by atoms with Gasteiger partial charge in [0.15, 0.2) is 5.17 Å². The van der Waals surface area contributed by atoms with E-state index in [0.717, 1.165) is 37.0 Å². The number of thioether (sulfide) groups is 1. The van der Waals surface area contributed by atoms with E-state index in [1.165, 1.54) is 5.56 Å². The summed E-state index contributed by atoms with van der Waals surface area (Å²) in [5, 5.41) is 18.9. The van der Waals surface area contributed by atoms with Crippen molar-refractivity contribution in [1.29, 1.82) is 0 Å². The highest BCUT2D eigenvalue weighted by Crippen LogP contribution is 2.22. The Labute approximate surface area is 151 Å². The average Bonchev–Trinajstić information content (AvgIpc) is 2.93. The van der Waals surface area contributed by atoms with Gasteiger partial charge >= 0.3 is 5.97 Å². The van der Waals surface area contributed by atoms with Crippen LogP contribution in [-0.2, 0) is 16.1 Å². The summed E-state index contributed by atoms with van der Waals surface area (Å²) in [6.45, 7) is 7.24. The topological polar surface area (TPSA) is 94.4 Å². The second-order valence-corrected chi connectivity index (χ2v) is 6.74. The molecular weight excluding hydrogens is 340 g/mol. The number of benzene rings is 1. The van der Waals surface area contributed by atoms with Gasteiger partial charge in [0.1, 0.15) is 5.25 Å². The Morgan fingerprint density at radius 1 is 1.32 bits per heavy atom. The third-order valence-corrected chi connectivity index (χ3v) is 4.84. The maximum atomic E-state index is 11.6. The molecule has 0 spiro atoms. The number of aliphatic carboxylic acids is 1. The van der Waals surface area contributed by atoms with Gasteiger partial charge in [-0.3, -0.25) is 14.5 Å². The van der Waals surface area contributed by atoms with Crippen molar-refractivity contribution < 1.29 is 14.7 Å². The zero-order valence-corrected chi connectivity index (χ0v) is 15.1. The number of rotatable bonds is 8. The van der Waals surface area contributed by atoms with Gasteiger partial charge < -0.3 is 10.4 Å². The van der Waals surface area contributed by atoms with Crippen LogP contribution in [0.5, 0.6) is 0 Å². The number of nitrogens with zero attached hydrogens (tertiary/aromatic N) is 3. The summed E-state index contributed by atoms with van der Waals surface area (Å²) in [6, 6.07) is 8.05. The number of carboxylic acids is 1. The molecule has 0 radical (unpaired) electrons. The molecule has 1 saturated heterocycles. The molecule has 0 saturated carbocycles. The van der Waals surface area contributed by atoms with Crippen molar-refractivity contribution in [3.8, 4) is 0 Å². The minimum atomic E-state index is -1.01. The van der Waals surface area contributed by atoms with E-state index in [0.29, 0.717) is 5.17 Å². The van der Waals surface area contributed by atoms with Crippen molar-refractivity contribution in [2.24, 2.45) is 10.2 Å². The Kier molecular flexibility index (Phi) is 7.15. The summed E-state index contributed by atoms with van der Waals surface area (Å²) in [6.07, 6.45) is 1.37. The van der Waals surface area contributed by atoms with Crippen LogP contribution in [0.4, 0.5) is 0 Å². The third kappa shape index (κ3) is 5.99. The van der Waals surface area contributed by atoms with Gasteiger partial charge in [-0.1, -0.05) is 49.9 Å². The zero-order chi connectivity index (χ0) is 18.2. The molecule has 1 aliphatic rings. The molecular formula is C17H22N4O3S. The maximum absolute atomic E-state index is 11.6. The summed E-state index contributed by atoms with van der Waals surface area (Å²) < 4.78 is 0. The Hall–Kier alpha value is -2.19. The normalized spacial score (nSPS) is 19.1. The summed E-state index contributed by atoms with van der Waals surface area (Å²) >= 11 is 1.09. The van der Waals surface area contributed by atoms with Crippen LogP contribution in [-0.4, -0.2) is 51.6 Å². The van der Waals surface area contributed by atoms with Crippen LogP contribution in [0.2, 0.25) is 0 Å². The van der Waals surface area contributed by atoms with Crippen LogP contribution in [0.15, 0.2) is 34.5 Å². The maximum Gasteiger partial charge on any atom is 0.305 e. The Morgan fingerprint density at radius 2 is 2.00 bits per heavy atom. The summed E-state index contributed by atoms with van der Waals surface area (Å²) in [7, 11) is 0. The number of carbonyl (C=O) groups is 2. The fourth-order valence-electron chi connectivity index (χ4n) is 2.31. The van der Waals surface area contributed by atoms with Crippen LogP contribution >= 0.6 is 11.8 Å². The molecule has 1 aromatic carbocycles. The molecule has 0 aromatic heterocycles. The van der Waals surface area contributed by atoms with Crippen LogP contribution in [0.25, 0.3) is 0 Å². The van der Waals surface area contributed by atoms with Gasteiger partial charge in [0, 0.05) is 6.54 Å². The van der Waals surface area contributed by atoms with Gasteiger partial charge in [0.25, 0.3) is 0 Å². The highest BCUT2D eigenvalue weighted by molar-refractivity contribution is 8.15. The third-order valence-electron chi connectivity index (χ3n) is 3.77. The van der Waals surface area contributed by atoms with E-state index in [4.69, 9.17) is 5.11 Å². The molecule has 1 atom stereocenters. The molecule has 0 aliphatic carbocycles. The predicted molar refractivity (Wildman–Crippen MR) is 99.9 cm³/mol. The van der Waals surface area contributed by atoms with E-state index in [2.05, 4.69) is 46.4 Å². The second kappa shape index (κ2) is 9.33. The quantitative estimate of drug-likeness (QED) is 0.544. The predicted octanol–water partition coefficient (Wildman–Crippen LogP) is 1.92. The molecule has 1 unspecified atom stereocenters. The fourth-order valence-corrected chi connectivity index (χ4v) is 3.22. The van der Waals surface area contributed by atoms with Crippen LogP contribution in [0.3, 0.4) is 0 Å². The first-order valence-corrected chi connectivity index (χ1v) is 9.01. The Balaban J connectivity index is 1.91. The van der Waals surface area contributed by atoms with Crippen molar-refractivity contribution >= 4 is 35.0 Å². The molecule has 1 aromatic rings. The van der Waals surface area contributed by atoms with Gasteiger partial charge in [0.05, 0.1) is 12.6 Å². The van der Waals surface area contributed by atoms with Crippen molar-refractivity contribution in [2.45, 2.75) is 32.1 Å². The number of amides is 1. The molecule has 1 heterocycles. The minimum absolute atomic E-state index is 0.229. The molecule has 0 bridgehead atoms. The SMILES string of the molecule is CCN(CC)Cc1ccc(C=NN=C2NC(=O)C(CC(=O)O)S2)cc1. The Morgan fingerprint density at radius 3 is 2.60 bits per heavy atom. The molecule has 7 nitrogen and oxygen atoms in total. The molecule has 25 heavy (non-hydrogen) atoms. The van der Waals surface area contributed by atoms with E-state index in [1.54, 1.807) is 6.21 Å². The van der Waals surface area contributed by atoms with Crippen molar-refractivity contribution in [1.82, 2.24) is 10.2 Å². The van der Waals surface area contributed by atoms with Gasteiger partial charge in [-0.05, 0) is 24.2 Å². The highest BCUT2D eigenvalue weighted by Gasteiger charge is 2.32. The van der Waals surface area contributed by atoms with Gasteiger partial charge in [-0.15, -0.1) is 5.10 Å². The second-order valence-electron chi connectivity index (χ2n) is 5.55. The van der Waals surface area contributed by atoms with Crippen molar-refractivity contribution in [3.63, 3.8) is 0 Å². The Bertz CT molecular complexity index is 669. The molecule has 2 N–H and O–H groups in total. The van der Waals surface area contributed by atoms with E-state index in [1.807, 2.05) is 12.1 Å². The lowest BCUT2D eigenvalue weighted by atomic mass is 10.1. The van der Waals surface area contributed by atoms with Gasteiger partial charge in [-0.25, -0.2) is 0 Å². The largest absolute Gasteiger partial charge is 0.481 e. The van der Waals surface area contributed by atoms with Crippen LogP contribution in [0, 0.1) is 0 Å².